The summed E-state index contributed by atoms with van der Waals surface area (Å²) in [6.45, 7) is 4.64. The van der Waals surface area contributed by atoms with Gasteiger partial charge in [-0.15, -0.1) is 12.4 Å². The number of piperidine rings is 1. The van der Waals surface area contributed by atoms with Crippen LogP contribution in [-0.4, -0.2) is 32.1 Å². The van der Waals surface area contributed by atoms with E-state index in [1.165, 1.54) is 0 Å². The highest BCUT2D eigenvalue weighted by molar-refractivity contribution is 5.94. The highest BCUT2D eigenvalue weighted by atomic mass is 35.5. The zero-order valence-corrected chi connectivity index (χ0v) is 12.8. The molecule has 1 aromatic rings. The van der Waals surface area contributed by atoms with Crippen LogP contribution in [0.25, 0.3) is 0 Å². The fourth-order valence-electron chi connectivity index (χ4n) is 2.45. The molecule has 112 valence electrons. The lowest BCUT2D eigenvalue weighted by atomic mass is 9.95. The lowest BCUT2D eigenvalue weighted by molar-refractivity contribution is 0.0914. The molecule has 0 bridgehead atoms. The average Bonchev–Trinajstić information content (AvgIpc) is 2.42. The Hall–Kier alpha value is -1.10. The number of methoxy groups -OCH3 is 1. The van der Waals surface area contributed by atoms with Gasteiger partial charge in [0.05, 0.1) is 6.61 Å². The van der Waals surface area contributed by atoms with E-state index in [1.54, 1.807) is 7.11 Å². The van der Waals surface area contributed by atoms with Crippen molar-refractivity contribution in [2.24, 2.45) is 5.92 Å². The maximum Gasteiger partial charge on any atom is 0.251 e. The number of carbonyl (C=O) groups excluding carboxylic acids is 1. The van der Waals surface area contributed by atoms with Crippen molar-refractivity contribution in [2.75, 3.05) is 20.2 Å². The van der Waals surface area contributed by atoms with Gasteiger partial charge in [0.2, 0.25) is 0 Å². The normalized spacial score (nSPS) is 21.9. The van der Waals surface area contributed by atoms with E-state index in [-0.39, 0.29) is 24.4 Å². The third-order valence-electron chi connectivity index (χ3n) is 3.60. The first-order valence-corrected chi connectivity index (χ1v) is 6.80. The Morgan fingerprint density at radius 3 is 3.00 bits per heavy atom. The van der Waals surface area contributed by atoms with Gasteiger partial charge < -0.3 is 15.4 Å². The predicted octanol–water partition coefficient (Wildman–Crippen LogP) is 1.98. The molecule has 1 amide bonds. The summed E-state index contributed by atoms with van der Waals surface area (Å²) in [7, 11) is 1.66. The molecule has 0 spiro atoms. The van der Waals surface area contributed by atoms with Crippen LogP contribution in [0.3, 0.4) is 0 Å². The lowest BCUT2D eigenvalue weighted by Gasteiger charge is -2.30. The Morgan fingerprint density at radius 2 is 2.30 bits per heavy atom. The van der Waals surface area contributed by atoms with Gasteiger partial charge in [0.25, 0.3) is 5.91 Å². The second-order valence-corrected chi connectivity index (χ2v) is 5.18. The molecule has 1 fully saturated rings. The molecule has 1 heterocycles. The number of hydrogen-bond acceptors (Lipinski definition) is 3. The van der Waals surface area contributed by atoms with E-state index < -0.39 is 0 Å². The van der Waals surface area contributed by atoms with Gasteiger partial charge in [0, 0.05) is 18.7 Å². The zero-order valence-electron chi connectivity index (χ0n) is 12.0. The average molecular weight is 299 g/mol. The number of benzene rings is 1. The van der Waals surface area contributed by atoms with Crippen molar-refractivity contribution in [2.45, 2.75) is 26.0 Å². The molecule has 2 rings (SSSR count). The minimum absolute atomic E-state index is 0. The SMILES string of the molecule is COCc1cccc(C(=O)NC2CCNCC2C)c1.Cl. The predicted molar refractivity (Wildman–Crippen MR) is 82.3 cm³/mol. The maximum atomic E-state index is 12.2. The summed E-state index contributed by atoms with van der Waals surface area (Å²) in [6, 6.07) is 7.87. The number of carbonyl (C=O) groups is 1. The Kier molecular flexibility index (Phi) is 6.99. The quantitative estimate of drug-likeness (QED) is 0.894. The van der Waals surface area contributed by atoms with Crippen molar-refractivity contribution in [3.63, 3.8) is 0 Å². The molecule has 1 aromatic carbocycles. The molecule has 2 unspecified atom stereocenters. The number of halogens is 1. The van der Waals surface area contributed by atoms with E-state index in [0.29, 0.717) is 18.1 Å². The zero-order chi connectivity index (χ0) is 13.7. The monoisotopic (exact) mass is 298 g/mol. The van der Waals surface area contributed by atoms with Crippen LogP contribution in [0, 0.1) is 5.92 Å². The van der Waals surface area contributed by atoms with E-state index >= 15 is 0 Å². The number of ether oxygens (including phenoxy) is 1. The van der Waals surface area contributed by atoms with Crippen LogP contribution in [0.5, 0.6) is 0 Å². The first-order valence-electron chi connectivity index (χ1n) is 6.80. The molecular formula is C15H23ClN2O2. The van der Waals surface area contributed by atoms with Crippen molar-refractivity contribution in [3.05, 3.63) is 35.4 Å². The summed E-state index contributed by atoms with van der Waals surface area (Å²) in [5.41, 5.74) is 1.73. The number of nitrogens with one attached hydrogen (secondary N) is 2. The van der Waals surface area contributed by atoms with Crippen LogP contribution in [0.4, 0.5) is 0 Å². The molecular weight excluding hydrogens is 276 g/mol. The summed E-state index contributed by atoms with van der Waals surface area (Å²) in [4.78, 5) is 12.2. The first-order chi connectivity index (χ1) is 9.20. The molecule has 0 aromatic heterocycles. The molecule has 2 atom stereocenters. The summed E-state index contributed by atoms with van der Waals surface area (Å²) in [6.07, 6.45) is 0.991. The summed E-state index contributed by atoms with van der Waals surface area (Å²) < 4.78 is 5.09. The number of amides is 1. The molecule has 20 heavy (non-hydrogen) atoms. The molecule has 5 heteroatoms. The fraction of sp³-hybridized carbons (Fsp3) is 0.533. The summed E-state index contributed by atoms with van der Waals surface area (Å²) in [5, 5.41) is 6.47. The van der Waals surface area contributed by atoms with Crippen molar-refractivity contribution in [1.82, 2.24) is 10.6 Å². The smallest absolute Gasteiger partial charge is 0.251 e. The molecule has 2 N–H and O–H groups in total. The highest BCUT2D eigenvalue weighted by Crippen LogP contribution is 2.12. The molecule has 0 radical (unpaired) electrons. The van der Waals surface area contributed by atoms with Gasteiger partial charge >= 0.3 is 0 Å². The minimum atomic E-state index is 0. The Balaban J connectivity index is 0.00000200. The van der Waals surface area contributed by atoms with Crippen LogP contribution in [0.1, 0.15) is 29.3 Å². The van der Waals surface area contributed by atoms with Crippen molar-refractivity contribution < 1.29 is 9.53 Å². The van der Waals surface area contributed by atoms with E-state index in [9.17, 15) is 4.79 Å². The van der Waals surface area contributed by atoms with Gasteiger partial charge in [-0.2, -0.15) is 0 Å². The highest BCUT2D eigenvalue weighted by Gasteiger charge is 2.22. The van der Waals surface area contributed by atoms with Gasteiger partial charge in [-0.05, 0) is 43.1 Å². The van der Waals surface area contributed by atoms with Crippen molar-refractivity contribution in [1.29, 1.82) is 0 Å². The molecule has 1 saturated heterocycles. The molecule has 1 aliphatic rings. The number of hydrogen-bond donors (Lipinski definition) is 2. The first kappa shape index (κ1) is 17.0. The Morgan fingerprint density at radius 1 is 1.50 bits per heavy atom. The third kappa shape index (κ3) is 4.47. The lowest BCUT2D eigenvalue weighted by Crippen LogP contribution is -2.48. The largest absolute Gasteiger partial charge is 0.380 e. The third-order valence-corrected chi connectivity index (χ3v) is 3.60. The molecule has 0 saturated carbocycles. The van der Waals surface area contributed by atoms with Crippen LogP contribution in [-0.2, 0) is 11.3 Å². The number of rotatable bonds is 4. The van der Waals surface area contributed by atoms with Crippen LogP contribution < -0.4 is 10.6 Å². The maximum absolute atomic E-state index is 12.2. The topological polar surface area (TPSA) is 50.4 Å². The van der Waals surface area contributed by atoms with Crippen LogP contribution in [0.2, 0.25) is 0 Å². The van der Waals surface area contributed by atoms with Crippen LogP contribution >= 0.6 is 12.4 Å². The van der Waals surface area contributed by atoms with Crippen molar-refractivity contribution in [3.8, 4) is 0 Å². The Labute approximate surface area is 126 Å². The standard InChI is InChI=1S/C15H22N2O2.ClH/c1-11-9-16-7-6-14(11)17-15(18)13-5-3-4-12(8-13)10-19-2;/h3-5,8,11,14,16H,6-7,9-10H2,1-2H3,(H,17,18);1H. The van der Waals surface area contributed by atoms with E-state index in [2.05, 4.69) is 17.6 Å². The second kappa shape index (κ2) is 8.25. The van der Waals surface area contributed by atoms with Gasteiger partial charge in [-0.1, -0.05) is 19.1 Å². The van der Waals surface area contributed by atoms with Crippen LogP contribution in [0.15, 0.2) is 24.3 Å². The van der Waals surface area contributed by atoms with Gasteiger partial charge in [0.1, 0.15) is 0 Å². The molecule has 1 aliphatic heterocycles. The van der Waals surface area contributed by atoms with E-state index in [0.717, 1.165) is 25.1 Å². The van der Waals surface area contributed by atoms with Gasteiger partial charge in [-0.3, -0.25) is 4.79 Å². The fourth-order valence-corrected chi connectivity index (χ4v) is 2.45. The summed E-state index contributed by atoms with van der Waals surface area (Å²) >= 11 is 0. The Bertz CT molecular complexity index is 440. The van der Waals surface area contributed by atoms with Gasteiger partial charge in [-0.25, -0.2) is 0 Å². The second-order valence-electron chi connectivity index (χ2n) is 5.18. The van der Waals surface area contributed by atoms with E-state index in [4.69, 9.17) is 4.74 Å². The molecule has 4 nitrogen and oxygen atoms in total. The van der Waals surface area contributed by atoms with E-state index in [1.807, 2.05) is 24.3 Å². The van der Waals surface area contributed by atoms with Crippen molar-refractivity contribution >= 4 is 18.3 Å². The summed E-state index contributed by atoms with van der Waals surface area (Å²) in [5.74, 6) is 0.483. The van der Waals surface area contributed by atoms with Gasteiger partial charge in [0.15, 0.2) is 0 Å². The molecule has 0 aliphatic carbocycles. The minimum Gasteiger partial charge on any atom is -0.380 e.